The number of halogens is 3. The first kappa shape index (κ1) is 41.7. The minimum atomic E-state index is -1.02. The molecule has 2 amide bonds. The highest BCUT2D eigenvalue weighted by Gasteiger charge is 2.40. The maximum absolute atomic E-state index is 14.2. The Labute approximate surface area is 358 Å². The number of amides is 2. The second-order valence-electron chi connectivity index (χ2n) is 15.4. The van der Waals surface area contributed by atoms with Crippen LogP contribution in [0, 0.1) is 0 Å². The molecule has 2 unspecified atom stereocenters. The summed E-state index contributed by atoms with van der Waals surface area (Å²) in [5.41, 5.74) is 5.32. The van der Waals surface area contributed by atoms with E-state index in [-0.39, 0.29) is 26.0 Å². The number of carbonyl (C=O) groups excluding carboxylic acids is 3. The number of nitrogens with zero attached hydrogens (tertiary/aromatic N) is 1. The summed E-state index contributed by atoms with van der Waals surface area (Å²) in [6, 6.07) is 29.8. The lowest BCUT2D eigenvalue weighted by Gasteiger charge is -2.38. The molecule has 0 aliphatic carbocycles. The molecule has 7 rings (SSSR count). The summed E-state index contributed by atoms with van der Waals surface area (Å²) < 4.78 is 29.5. The van der Waals surface area contributed by atoms with Crippen LogP contribution in [0.2, 0.25) is 15.1 Å². The molecule has 2 aliphatic heterocycles. The van der Waals surface area contributed by atoms with Crippen molar-refractivity contribution >= 4 is 52.8 Å². The van der Waals surface area contributed by atoms with E-state index in [0.717, 1.165) is 38.9 Å². The van der Waals surface area contributed by atoms with Gasteiger partial charge in [0, 0.05) is 17.9 Å². The van der Waals surface area contributed by atoms with Gasteiger partial charge in [-0.05, 0) is 108 Å². The zero-order valence-electron chi connectivity index (χ0n) is 32.9. The molecule has 13 heteroatoms. The molecule has 2 aliphatic rings. The van der Waals surface area contributed by atoms with Crippen molar-refractivity contribution in [3.8, 4) is 28.4 Å². The molecule has 59 heavy (non-hydrogen) atoms. The number of methoxy groups -OCH3 is 1. The number of nitrogens with one attached hydrogen (secondary N) is 1. The Morgan fingerprint density at radius 2 is 1.47 bits per heavy atom. The molecule has 10 nitrogen and oxygen atoms in total. The van der Waals surface area contributed by atoms with Crippen LogP contribution in [0.3, 0.4) is 0 Å². The first-order valence-electron chi connectivity index (χ1n) is 19.1. The lowest BCUT2D eigenvalue weighted by atomic mass is 9.92. The molecule has 306 valence electrons. The predicted molar refractivity (Wildman–Crippen MR) is 226 cm³/mol. The SMILES string of the molecule is COC(=O)[C@H](Cc1ccc(-c2ccc(Cl)cc2)cc1)NC(=O)C1Cc2cc3c(cc2CN1C(=O)OC(C)(C)C)OC(c1ccc(OCc2ccc(Cl)c(Cl)c2)cc1)CO3. The standard InChI is InChI=1S/C46H43Cl3N2O8/c1-46(2,3)59-45(54)51-24-33-23-41-40(57-26-42(58-41)31-12-16-35(17-13-31)56-25-28-7-18-36(48)37(49)19-28)22-32(33)21-39(51)43(52)50-38(44(53)55-4)20-27-5-8-29(9-6-27)30-10-14-34(47)15-11-30/h5-19,22-23,38-39,42H,20-21,24-26H2,1-4H3,(H,50,52)/t38-,39?,42?/m0/s1. The number of ether oxygens (including phenoxy) is 5. The molecule has 2 heterocycles. The Morgan fingerprint density at radius 3 is 2.14 bits per heavy atom. The van der Waals surface area contributed by atoms with Crippen LogP contribution in [0.1, 0.15) is 54.7 Å². The summed E-state index contributed by atoms with van der Waals surface area (Å²) in [5, 5.41) is 4.48. The van der Waals surface area contributed by atoms with Crippen LogP contribution >= 0.6 is 34.8 Å². The average Bonchev–Trinajstić information content (AvgIpc) is 3.22. The molecule has 0 bridgehead atoms. The summed E-state index contributed by atoms with van der Waals surface area (Å²) in [6.07, 6.45) is -0.750. The molecule has 5 aromatic carbocycles. The number of carbonyl (C=O) groups is 3. The summed E-state index contributed by atoms with van der Waals surface area (Å²) in [5.74, 6) is 0.586. The molecule has 3 atom stereocenters. The monoisotopic (exact) mass is 856 g/mol. The number of rotatable bonds is 10. The third-order valence-corrected chi connectivity index (χ3v) is 11.0. The topological polar surface area (TPSA) is 113 Å². The molecular formula is C46H43Cl3N2O8. The van der Waals surface area contributed by atoms with Gasteiger partial charge in [0.25, 0.3) is 0 Å². The third-order valence-electron chi connectivity index (χ3n) is 10.0. The quantitative estimate of drug-likeness (QED) is 0.138. The largest absolute Gasteiger partial charge is 0.489 e. The van der Waals surface area contributed by atoms with Gasteiger partial charge in [-0.25, -0.2) is 9.59 Å². The molecule has 0 aromatic heterocycles. The summed E-state index contributed by atoms with van der Waals surface area (Å²) >= 11 is 18.2. The van der Waals surface area contributed by atoms with E-state index in [9.17, 15) is 14.4 Å². The molecule has 0 saturated carbocycles. The Balaban J connectivity index is 1.06. The van der Waals surface area contributed by atoms with Gasteiger partial charge in [-0.2, -0.15) is 0 Å². The van der Waals surface area contributed by atoms with E-state index >= 15 is 0 Å². The Morgan fingerprint density at radius 1 is 0.814 bits per heavy atom. The average molecular weight is 858 g/mol. The van der Waals surface area contributed by atoms with Crippen LogP contribution in [0.15, 0.2) is 103 Å². The van der Waals surface area contributed by atoms with Crippen molar-refractivity contribution in [2.45, 2.75) is 70.6 Å². The predicted octanol–water partition coefficient (Wildman–Crippen LogP) is 9.97. The summed E-state index contributed by atoms with van der Waals surface area (Å²) in [7, 11) is 1.27. The number of esters is 1. The van der Waals surface area contributed by atoms with Gasteiger partial charge in [0.05, 0.1) is 23.7 Å². The van der Waals surface area contributed by atoms with Gasteiger partial charge in [-0.3, -0.25) is 9.69 Å². The van der Waals surface area contributed by atoms with E-state index in [4.69, 9.17) is 58.5 Å². The molecule has 0 spiro atoms. The van der Waals surface area contributed by atoms with E-state index in [1.165, 1.54) is 12.0 Å². The van der Waals surface area contributed by atoms with Crippen molar-refractivity contribution in [3.05, 3.63) is 146 Å². The molecule has 1 N–H and O–H groups in total. The van der Waals surface area contributed by atoms with Gasteiger partial charge in [-0.1, -0.05) is 89.4 Å². The zero-order valence-corrected chi connectivity index (χ0v) is 35.2. The van der Waals surface area contributed by atoms with E-state index in [1.807, 2.05) is 91.0 Å². The summed E-state index contributed by atoms with van der Waals surface area (Å²) in [6.45, 7) is 5.93. The lowest BCUT2D eigenvalue weighted by molar-refractivity contribution is -0.145. The highest BCUT2D eigenvalue weighted by Crippen LogP contribution is 2.41. The fourth-order valence-electron chi connectivity index (χ4n) is 6.95. The second kappa shape index (κ2) is 17.8. The minimum Gasteiger partial charge on any atom is -0.489 e. The van der Waals surface area contributed by atoms with Crippen molar-refractivity contribution in [2.24, 2.45) is 0 Å². The Bertz CT molecular complexity index is 2330. The molecule has 0 radical (unpaired) electrons. The third kappa shape index (κ3) is 10.2. The van der Waals surface area contributed by atoms with E-state index in [0.29, 0.717) is 38.9 Å². The van der Waals surface area contributed by atoms with E-state index < -0.39 is 41.8 Å². The van der Waals surface area contributed by atoms with Crippen molar-refractivity contribution < 1.29 is 38.1 Å². The maximum Gasteiger partial charge on any atom is 0.411 e. The number of hydrogen-bond donors (Lipinski definition) is 1. The molecule has 0 fully saturated rings. The molecule has 0 saturated heterocycles. The van der Waals surface area contributed by atoms with Crippen LogP contribution in [-0.2, 0) is 45.1 Å². The second-order valence-corrected chi connectivity index (χ2v) is 16.7. The highest BCUT2D eigenvalue weighted by molar-refractivity contribution is 6.42. The fourth-order valence-corrected chi connectivity index (χ4v) is 7.40. The molecular weight excluding hydrogens is 815 g/mol. The van der Waals surface area contributed by atoms with Crippen molar-refractivity contribution in [3.63, 3.8) is 0 Å². The fraction of sp³-hybridized carbons (Fsp3) is 0.283. The number of hydrogen-bond acceptors (Lipinski definition) is 8. The van der Waals surface area contributed by atoms with Crippen molar-refractivity contribution in [2.75, 3.05) is 13.7 Å². The van der Waals surface area contributed by atoms with Gasteiger partial charge in [0.1, 0.15) is 36.6 Å². The summed E-state index contributed by atoms with van der Waals surface area (Å²) in [4.78, 5) is 42.4. The van der Waals surface area contributed by atoms with Crippen LogP contribution in [0.25, 0.3) is 11.1 Å². The van der Waals surface area contributed by atoms with Gasteiger partial charge in [0.15, 0.2) is 17.6 Å². The van der Waals surface area contributed by atoms with Gasteiger partial charge in [-0.15, -0.1) is 0 Å². The van der Waals surface area contributed by atoms with E-state index in [2.05, 4.69) is 5.32 Å². The number of fused-ring (bicyclic) bond motifs is 2. The van der Waals surface area contributed by atoms with Gasteiger partial charge < -0.3 is 29.0 Å². The van der Waals surface area contributed by atoms with Gasteiger partial charge >= 0.3 is 12.1 Å². The first-order chi connectivity index (χ1) is 28.2. The normalized spacial score (nSPS) is 16.4. The first-order valence-corrected chi connectivity index (χ1v) is 20.2. The smallest absolute Gasteiger partial charge is 0.411 e. The van der Waals surface area contributed by atoms with Crippen LogP contribution in [0.5, 0.6) is 17.2 Å². The van der Waals surface area contributed by atoms with Gasteiger partial charge in [0.2, 0.25) is 5.91 Å². The number of benzene rings is 5. The van der Waals surface area contributed by atoms with E-state index in [1.54, 1.807) is 32.9 Å². The van der Waals surface area contributed by atoms with Crippen LogP contribution in [0.4, 0.5) is 4.79 Å². The minimum absolute atomic E-state index is 0.0591. The lowest BCUT2D eigenvalue weighted by Crippen LogP contribution is -2.56. The van der Waals surface area contributed by atoms with Crippen LogP contribution < -0.4 is 19.5 Å². The highest BCUT2D eigenvalue weighted by atomic mass is 35.5. The maximum atomic E-state index is 14.2. The Kier molecular flexibility index (Phi) is 12.6. The van der Waals surface area contributed by atoms with Crippen LogP contribution in [-0.4, -0.2) is 54.3 Å². The zero-order chi connectivity index (χ0) is 41.8. The van der Waals surface area contributed by atoms with Crippen molar-refractivity contribution in [1.82, 2.24) is 10.2 Å². The molecule has 5 aromatic rings. The Hall–Kier alpha value is -5.42. The van der Waals surface area contributed by atoms with Crippen molar-refractivity contribution in [1.29, 1.82) is 0 Å².